The first kappa shape index (κ1) is 12.5. The van der Waals surface area contributed by atoms with Crippen LogP contribution in [0.4, 0.5) is 17.1 Å². The number of nitro groups is 2. The third-order valence-electron chi connectivity index (χ3n) is 2.47. The zero-order valence-corrected chi connectivity index (χ0v) is 9.59. The molecule has 0 saturated carbocycles. The van der Waals surface area contributed by atoms with Crippen LogP contribution in [0.25, 0.3) is 0 Å². The molecule has 19 heavy (non-hydrogen) atoms. The average Bonchev–Trinajstić information content (AvgIpc) is 2.80. The van der Waals surface area contributed by atoms with E-state index in [1.807, 2.05) is 0 Å². The van der Waals surface area contributed by atoms with E-state index >= 15 is 0 Å². The van der Waals surface area contributed by atoms with Crippen molar-refractivity contribution in [2.75, 3.05) is 5.73 Å². The summed E-state index contributed by atoms with van der Waals surface area (Å²) in [5.41, 5.74) is 5.80. The Labute approximate surface area is 106 Å². The molecule has 0 saturated heterocycles. The predicted octanol–water partition coefficient (Wildman–Crippen LogP) is 1.33. The Balaban J connectivity index is 2.25. The van der Waals surface area contributed by atoms with Crippen molar-refractivity contribution in [3.05, 3.63) is 56.4 Å². The van der Waals surface area contributed by atoms with Crippen LogP contribution in [0.5, 0.6) is 0 Å². The van der Waals surface area contributed by atoms with Crippen molar-refractivity contribution in [3.63, 3.8) is 0 Å². The second-order valence-electron chi connectivity index (χ2n) is 3.80. The highest BCUT2D eigenvalue weighted by atomic mass is 16.6. The number of nitrogen functional groups attached to an aromatic ring is 1. The van der Waals surface area contributed by atoms with Crippen molar-refractivity contribution < 1.29 is 9.85 Å². The molecule has 1 heterocycles. The van der Waals surface area contributed by atoms with E-state index in [2.05, 4.69) is 5.10 Å². The van der Waals surface area contributed by atoms with Crippen molar-refractivity contribution >= 4 is 17.1 Å². The number of hydrogen-bond acceptors (Lipinski definition) is 6. The van der Waals surface area contributed by atoms with E-state index in [9.17, 15) is 20.2 Å². The molecular formula is C10H9N5O4. The summed E-state index contributed by atoms with van der Waals surface area (Å²) in [7, 11) is 0. The van der Waals surface area contributed by atoms with Gasteiger partial charge in [0.1, 0.15) is 18.1 Å². The molecule has 9 nitrogen and oxygen atoms in total. The van der Waals surface area contributed by atoms with E-state index < -0.39 is 9.85 Å². The van der Waals surface area contributed by atoms with Gasteiger partial charge in [0.25, 0.3) is 5.69 Å². The molecule has 1 aromatic carbocycles. The molecule has 0 bridgehead atoms. The van der Waals surface area contributed by atoms with Gasteiger partial charge >= 0.3 is 5.69 Å². The molecule has 2 aromatic rings. The van der Waals surface area contributed by atoms with Crippen molar-refractivity contribution in [1.29, 1.82) is 0 Å². The van der Waals surface area contributed by atoms with Crippen LogP contribution < -0.4 is 5.73 Å². The summed E-state index contributed by atoms with van der Waals surface area (Å²) in [5, 5.41) is 25.0. The molecule has 98 valence electrons. The van der Waals surface area contributed by atoms with Crippen LogP contribution in [0.3, 0.4) is 0 Å². The molecule has 0 aliphatic carbocycles. The SMILES string of the molecule is Nc1ccc(Cn2cc([N+](=O)[O-])cn2)cc1[N+](=O)[O-]. The van der Waals surface area contributed by atoms with Gasteiger partial charge in [0.05, 0.1) is 16.4 Å². The number of hydrogen-bond donors (Lipinski definition) is 1. The minimum Gasteiger partial charge on any atom is -0.393 e. The van der Waals surface area contributed by atoms with E-state index in [4.69, 9.17) is 5.73 Å². The zero-order valence-electron chi connectivity index (χ0n) is 9.59. The highest BCUT2D eigenvalue weighted by Gasteiger charge is 2.13. The Hall–Kier alpha value is -2.97. The number of aromatic nitrogens is 2. The van der Waals surface area contributed by atoms with Crippen LogP contribution >= 0.6 is 0 Å². The van der Waals surface area contributed by atoms with Gasteiger partial charge in [0.2, 0.25) is 0 Å². The number of nitrogens with two attached hydrogens (primary N) is 1. The Morgan fingerprint density at radius 1 is 1.26 bits per heavy atom. The second-order valence-corrected chi connectivity index (χ2v) is 3.80. The summed E-state index contributed by atoms with van der Waals surface area (Å²) in [6, 6.07) is 4.35. The van der Waals surface area contributed by atoms with E-state index in [1.54, 1.807) is 6.07 Å². The van der Waals surface area contributed by atoms with Gasteiger partial charge in [-0.2, -0.15) is 5.10 Å². The minimum atomic E-state index is -0.579. The van der Waals surface area contributed by atoms with E-state index in [1.165, 1.54) is 23.0 Å². The predicted molar refractivity (Wildman–Crippen MR) is 65.5 cm³/mol. The highest BCUT2D eigenvalue weighted by molar-refractivity contribution is 5.59. The number of benzene rings is 1. The second kappa shape index (κ2) is 4.72. The molecular weight excluding hydrogens is 254 g/mol. The van der Waals surface area contributed by atoms with E-state index in [0.29, 0.717) is 5.56 Å². The van der Waals surface area contributed by atoms with Crippen LogP contribution in [-0.2, 0) is 6.54 Å². The van der Waals surface area contributed by atoms with Gasteiger partial charge in [0.15, 0.2) is 0 Å². The maximum Gasteiger partial charge on any atom is 0.307 e. The first-order valence-corrected chi connectivity index (χ1v) is 5.17. The van der Waals surface area contributed by atoms with Crippen LogP contribution in [-0.4, -0.2) is 19.6 Å². The fraction of sp³-hybridized carbons (Fsp3) is 0.100. The van der Waals surface area contributed by atoms with E-state index in [-0.39, 0.29) is 23.6 Å². The average molecular weight is 263 g/mol. The Morgan fingerprint density at radius 3 is 2.58 bits per heavy atom. The fourth-order valence-electron chi connectivity index (χ4n) is 1.57. The summed E-state index contributed by atoms with van der Waals surface area (Å²) in [5.74, 6) is 0. The lowest BCUT2D eigenvalue weighted by Gasteiger charge is -2.03. The molecule has 0 radical (unpaired) electrons. The molecule has 0 amide bonds. The lowest BCUT2D eigenvalue weighted by molar-refractivity contribution is -0.385. The van der Waals surface area contributed by atoms with Gasteiger partial charge in [-0.1, -0.05) is 6.07 Å². The molecule has 1 aromatic heterocycles. The number of rotatable bonds is 4. The molecule has 0 atom stereocenters. The normalized spacial score (nSPS) is 10.3. The van der Waals surface area contributed by atoms with Gasteiger partial charge < -0.3 is 5.73 Å². The Kier molecular flexibility index (Phi) is 3.10. The first-order chi connectivity index (χ1) is 8.97. The standard InChI is InChI=1S/C10H9N5O4/c11-9-2-1-7(3-10(9)15(18)19)5-13-6-8(4-12-13)14(16)17/h1-4,6H,5,11H2. The third kappa shape index (κ3) is 2.65. The van der Waals surface area contributed by atoms with Crippen molar-refractivity contribution in [2.45, 2.75) is 6.54 Å². The molecule has 0 unspecified atom stereocenters. The quantitative estimate of drug-likeness (QED) is 0.503. The summed E-state index contributed by atoms with van der Waals surface area (Å²) in [6.45, 7) is 0.189. The molecule has 0 aliphatic rings. The van der Waals surface area contributed by atoms with Gasteiger partial charge in [-0.25, -0.2) is 0 Å². The summed E-state index contributed by atoms with van der Waals surface area (Å²) in [4.78, 5) is 20.1. The van der Waals surface area contributed by atoms with Gasteiger partial charge in [-0.05, 0) is 11.6 Å². The lowest BCUT2D eigenvalue weighted by Crippen LogP contribution is -2.02. The summed E-state index contributed by atoms with van der Waals surface area (Å²) >= 11 is 0. The maximum atomic E-state index is 10.7. The molecule has 0 spiro atoms. The monoisotopic (exact) mass is 263 g/mol. The first-order valence-electron chi connectivity index (χ1n) is 5.17. The van der Waals surface area contributed by atoms with Crippen LogP contribution in [0.1, 0.15) is 5.56 Å². The lowest BCUT2D eigenvalue weighted by atomic mass is 10.2. The van der Waals surface area contributed by atoms with Crippen LogP contribution in [0, 0.1) is 20.2 Å². The number of nitrogens with zero attached hydrogens (tertiary/aromatic N) is 4. The molecule has 0 fully saturated rings. The fourth-order valence-corrected chi connectivity index (χ4v) is 1.57. The Morgan fingerprint density at radius 2 is 2.00 bits per heavy atom. The molecule has 2 N–H and O–H groups in total. The van der Waals surface area contributed by atoms with Crippen LogP contribution in [0.15, 0.2) is 30.6 Å². The number of anilines is 1. The maximum absolute atomic E-state index is 10.7. The van der Waals surface area contributed by atoms with Gasteiger partial charge in [0, 0.05) is 6.07 Å². The molecule has 2 rings (SSSR count). The van der Waals surface area contributed by atoms with Crippen LogP contribution in [0.2, 0.25) is 0 Å². The summed E-state index contributed by atoms with van der Waals surface area (Å²) < 4.78 is 1.33. The van der Waals surface area contributed by atoms with Crippen molar-refractivity contribution in [1.82, 2.24) is 9.78 Å². The number of nitro benzene ring substituents is 1. The van der Waals surface area contributed by atoms with Gasteiger partial charge in [-0.3, -0.25) is 24.9 Å². The largest absolute Gasteiger partial charge is 0.393 e. The third-order valence-corrected chi connectivity index (χ3v) is 2.47. The molecule has 0 aliphatic heterocycles. The zero-order chi connectivity index (χ0) is 14.0. The van der Waals surface area contributed by atoms with Crippen molar-refractivity contribution in [2.24, 2.45) is 0 Å². The van der Waals surface area contributed by atoms with Gasteiger partial charge in [-0.15, -0.1) is 0 Å². The highest BCUT2D eigenvalue weighted by Crippen LogP contribution is 2.22. The summed E-state index contributed by atoms with van der Waals surface area (Å²) in [6.07, 6.45) is 2.37. The Bertz CT molecular complexity index is 651. The topological polar surface area (TPSA) is 130 Å². The molecule has 9 heteroatoms. The minimum absolute atomic E-state index is 0.0696. The van der Waals surface area contributed by atoms with E-state index in [0.717, 1.165) is 6.20 Å². The van der Waals surface area contributed by atoms with Crippen molar-refractivity contribution in [3.8, 4) is 0 Å². The smallest absolute Gasteiger partial charge is 0.307 e.